The topological polar surface area (TPSA) is 152 Å². The lowest BCUT2D eigenvalue weighted by Crippen LogP contribution is -2.66. The molecule has 5 rings (SSSR count). The van der Waals surface area contributed by atoms with Crippen LogP contribution in [0, 0.1) is 11.6 Å². The summed E-state index contributed by atoms with van der Waals surface area (Å²) in [5.41, 5.74) is 6.33. The van der Waals surface area contributed by atoms with Crippen molar-refractivity contribution < 1.29 is 13.9 Å². The molecule has 2 saturated heterocycles. The molecule has 0 unspecified atom stereocenters. The van der Waals surface area contributed by atoms with Crippen molar-refractivity contribution in [1.29, 1.82) is 0 Å². The van der Waals surface area contributed by atoms with Gasteiger partial charge in [0.15, 0.2) is 11.6 Å². The van der Waals surface area contributed by atoms with Crippen LogP contribution in [-0.4, -0.2) is 70.2 Å². The van der Waals surface area contributed by atoms with Crippen molar-refractivity contribution in [2.75, 3.05) is 23.8 Å². The fraction of sp³-hybridized carbons (Fsp3) is 0.560. The number of nitrogens with two attached hydrogens (primary N) is 1. The number of benzene rings is 1. The summed E-state index contributed by atoms with van der Waals surface area (Å²) in [4.78, 5) is 23.1. The van der Waals surface area contributed by atoms with E-state index in [9.17, 15) is 14.3 Å². The highest BCUT2D eigenvalue weighted by Gasteiger charge is 2.50. The zero-order chi connectivity index (χ0) is 27.9. The Morgan fingerprint density at radius 2 is 2.00 bits per heavy atom. The number of nitrogens with zero attached hydrogens (tertiary/aromatic N) is 7. The van der Waals surface area contributed by atoms with Gasteiger partial charge in [-0.15, -0.1) is 0 Å². The van der Waals surface area contributed by atoms with Crippen LogP contribution in [-0.2, 0) is 13.5 Å². The van der Waals surface area contributed by atoms with Crippen molar-refractivity contribution in [2.24, 2.45) is 12.8 Å². The number of aliphatic hydroxyl groups excluding tert-OH is 1. The van der Waals surface area contributed by atoms with Crippen LogP contribution in [0.3, 0.4) is 0 Å². The van der Waals surface area contributed by atoms with Gasteiger partial charge in [0.1, 0.15) is 5.82 Å². The minimum Gasteiger partial charge on any atom is -0.396 e. The number of piperidine rings is 1. The summed E-state index contributed by atoms with van der Waals surface area (Å²) in [6.07, 6.45) is 4.98. The van der Waals surface area contributed by atoms with E-state index < -0.39 is 23.0 Å². The van der Waals surface area contributed by atoms with Gasteiger partial charge >= 0.3 is 5.69 Å². The maximum atomic E-state index is 15.2. The van der Waals surface area contributed by atoms with E-state index in [1.165, 1.54) is 19.2 Å². The van der Waals surface area contributed by atoms with E-state index in [1.807, 2.05) is 0 Å². The second-order valence-corrected chi connectivity index (χ2v) is 11.0. The lowest BCUT2D eigenvalue weighted by atomic mass is 9.80. The molecule has 2 aliphatic rings. The number of aryl methyl sites for hydroxylation is 2. The highest BCUT2D eigenvalue weighted by molar-refractivity contribution is 5.61. The Hall–Kier alpha value is -3.49. The first-order chi connectivity index (χ1) is 18.5. The maximum Gasteiger partial charge on any atom is 0.368 e. The van der Waals surface area contributed by atoms with Gasteiger partial charge in [-0.25, -0.2) is 18.6 Å². The van der Waals surface area contributed by atoms with Crippen molar-refractivity contribution in [3.8, 4) is 5.69 Å². The van der Waals surface area contributed by atoms with Gasteiger partial charge in [-0.3, -0.25) is 4.90 Å². The lowest BCUT2D eigenvalue weighted by molar-refractivity contribution is -0.0160. The standard InChI is InChI=1S/C25H34F2N10O2/c1-24(2)12-16(13-25(28)7-5-8-36(24)25)30-21-18(27)14-29-22(32-21)31-19-11-20(37-23(39)35(3)33-34-37)15(6-4-9-38)10-17(19)26/h10-11,14,16,38H,4-9,12-13,28H2,1-3H3,(H2,29,30,31,32)/t16-,25-/m0/s1. The Bertz CT molecular complexity index is 1420. The van der Waals surface area contributed by atoms with E-state index >= 15 is 4.39 Å². The Balaban J connectivity index is 1.42. The molecule has 0 aliphatic carbocycles. The second-order valence-electron chi connectivity index (χ2n) is 11.0. The molecule has 0 radical (unpaired) electrons. The van der Waals surface area contributed by atoms with Crippen molar-refractivity contribution >= 4 is 17.5 Å². The maximum absolute atomic E-state index is 15.2. The van der Waals surface area contributed by atoms with E-state index in [0.717, 1.165) is 41.4 Å². The third kappa shape index (κ3) is 5.23. The van der Waals surface area contributed by atoms with Gasteiger partial charge in [0.25, 0.3) is 0 Å². The first kappa shape index (κ1) is 27.1. The molecule has 39 heavy (non-hydrogen) atoms. The van der Waals surface area contributed by atoms with Crippen molar-refractivity contribution in [3.05, 3.63) is 46.0 Å². The Labute approximate surface area is 224 Å². The van der Waals surface area contributed by atoms with E-state index in [4.69, 9.17) is 5.73 Å². The van der Waals surface area contributed by atoms with Crippen LogP contribution in [0.4, 0.5) is 26.2 Å². The Morgan fingerprint density at radius 1 is 1.21 bits per heavy atom. The fourth-order valence-corrected chi connectivity index (χ4v) is 6.01. The summed E-state index contributed by atoms with van der Waals surface area (Å²) in [6, 6.07) is 2.54. The van der Waals surface area contributed by atoms with Crippen LogP contribution < -0.4 is 22.1 Å². The second kappa shape index (κ2) is 10.2. The van der Waals surface area contributed by atoms with Crippen LogP contribution in [0.15, 0.2) is 23.1 Å². The van der Waals surface area contributed by atoms with Gasteiger partial charge in [-0.2, -0.15) is 14.3 Å². The van der Waals surface area contributed by atoms with E-state index in [1.54, 1.807) is 0 Å². The van der Waals surface area contributed by atoms with Crippen LogP contribution in [0.2, 0.25) is 0 Å². The molecule has 2 aromatic heterocycles. The number of hydrogen-bond donors (Lipinski definition) is 4. The SMILES string of the molecule is Cn1nnn(-c2cc(Nc3ncc(F)c(N[C@H]4CC(C)(C)N5CCC[C@@]5(N)C4)n3)c(F)cc2CCCO)c1=O. The van der Waals surface area contributed by atoms with Gasteiger partial charge in [0.2, 0.25) is 5.95 Å². The minimum absolute atomic E-state index is 0.00584. The highest BCUT2D eigenvalue weighted by Crippen LogP contribution is 2.43. The fourth-order valence-electron chi connectivity index (χ4n) is 6.01. The molecule has 0 saturated carbocycles. The number of rotatable bonds is 8. The molecule has 2 atom stereocenters. The zero-order valence-electron chi connectivity index (χ0n) is 22.3. The summed E-state index contributed by atoms with van der Waals surface area (Å²) in [6.45, 7) is 5.13. The number of fused-ring (bicyclic) bond motifs is 1. The highest BCUT2D eigenvalue weighted by atomic mass is 19.1. The first-order valence-electron chi connectivity index (χ1n) is 13.1. The molecule has 1 aromatic carbocycles. The van der Waals surface area contributed by atoms with E-state index in [2.05, 4.69) is 49.8 Å². The number of nitrogens with one attached hydrogen (secondary N) is 2. The van der Waals surface area contributed by atoms with Gasteiger partial charge in [0.05, 0.1) is 23.2 Å². The van der Waals surface area contributed by atoms with E-state index in [0.29, 0.717) is 30.5 Å². The quantitative estimate of drug-likeness (QED) is 0.330. The summed E-state index contributed by atoms with van der Waals surface area (Å²) in [7, 11) is 1.45. The minimum atomic E-state index is -0.634. The zero-order valence-corrected chi connectivity index (χ0v) is 22.3. The number of hydrogen-bond acceptors (Lipinski definition) is 10. The number of anilines is 3. The van der Waals surface area contributed by atoms with Gasteiger partial charge in [-0.1, -0.05) is 0 Å². The number of tetrazole rings is 1. The van der Waals surface area contributed by atoms with Gasteiger partial charge < -0.3 is 21.5 Å². The average molecular weight is 545 g/mol. The molecule has 0 bridgehead atoms. The summed E-state index contributed by atoms with van der Waals surface area (Å²) < 4.78 is 32.1. The first-order valence-corrected chi connectivity index (χ1v) is 13.1. The normalized spacial score (nSPS) is 22.6. The molecule has 5 N–H and O–H groups in total. The molecule has 0 spiro atoms. The third-order valence-corrected chi connectivity index (χ3v) is 7.66. The van der Waals surface area contributed by atoms with Gasteiger partial charge in [0, 0.05) is 31.8 Å². The molecular weight excluding hydrogens is 510 g/mol. The molecule has 210 valence electrons. The molecule has 3 aromatic rings. The Kier molecular flexibility index (Phi) is 7.11. The lowest BCUT2D eigenvalue weighted by Gasteiger charge is -2.53. The van der Waals surface area contributed by atoms with Crippen molar-refractivity contribution in [1.82, 2.24) is 34.7 Å². The monoisotopic (exact) mass is 544 g/mol. The van der Waals surface area contributed by atoms with Crippen molar-refractivity contribution in [2.45, 2.75) is 69.6 Å². The summed E-state index contributed by atoms with van der Waals surface area (Å²) >= 11 is 0. The molecular formula is C25H34F2N10O2. The van der Waals surface area contributed by atoms with Crippen LogP contribution in [0.1, 0.15) is 51.5 Å². The predicted molar refractivity (Wildman–Crippen MR) is 141 cm³/mol. The number of aromatic nitrogens is 6. The number of halogens is 2. The predicted octanol–water partition coefficient (Wildman–Crippen LogP) is 1.81. The summed E-state index contributed by atoms with van der Waals surface area (Å²) in [5.74, 6) is -1.30. The largest absolute Gasteiger partial charge is 0.396 e. The molecule has 12 nitrogen and oxygen atoms in total. The smallest absolute Gasteiger partial charge is 0.368 e. The molecule has 4 heterocycles. The number of aliphatic hydroxyl groups is 1. The van der Waals surface area contributed by atoms with E-state index in [-0.39, 0.29) is 35.6 Å². The van der Waals surface area contributed by atoms with Crippen molar-refractivity contribution in [3.63, 3.8) is 0 Å². The van der Waals surface area contributed by atoms with Crippen LogP contribution in [0.5, 0.6) is 0 Å². The Morgan fingerprint density at radius 3 is 2.72 bits per heavy atom. The molecule has 14 heteroatoms. The molecule has 2 fully saturated rings. The molecule has 2 aliphatic heterocycles. The molecule has 0 amide bonds. The van der Waals surface area contributed by atoms with Crippen LogP contribution >= 0.6 is 0 Å². The average Bonchev–Trinajstić information content (AvgIpc) is 3.43. The summed E-state index contributed by atoms with van der Waals surface area (Å²) in [5, 5.41) is 22.8. The van der Waals surface area contributed by atoms with Gasteiger partial charge in [-0.05, 0) is 80.5 Å². The van der Waals surface area contributed by atoms with Crippen LogP contribution in [0.25, 0.3) is 5.69 Å². The third-order valence-electron chi connectivity index (χ3n) is 7.66.